The Bertz CT molecular complexity index is 1190. The van der Waals surface area contributed by atoms with Gasteiger partial charge in [0, 0.05) is 15.6 Å². The molecule has 2 aromatic carbocycles. The maximum absolute atomic E-state index is 12.6. The van der Waals surface area contributed by atoms with Crippen LogP contribution in [0.15, 0.2) is 46.9 Å². The van der Waals surface area contributed by atoms with E-state index < -0.39 is 5.91 Å². The molecule has 1 aliphatic heterocycles. The number of nitrogens with one attached hydrogen (secondary N) is 1. The van der Waals surface area contributed by atoms with Gasteiger partial charge in [-0.2, -0.15) is 0 Å². The van der Waals surface area contributed by atoms with Crippen LogP contribution in [-0.4, -0.2) is 22.9 Å². The van der Waals surface area contributed by atoms with Crippen LogP contribution in [0.4, 0.5) is 6.01 Å². The lowest BCUT2D eigenvalue weighted by Crippen LogP contribution is -2.10. The van der Waals surface area contributed by atoms with E-state index in [1.165, 1.54) is 11.3 Å². The van der Waals surface area contributed by atoms with Gasteiger partial charge in [0.1, 0.15) is 4.88 Å². The van der Waals surface area contributed by atoms with E-state index >= 15 is 0 Å². The Hall–Kier alpha value is -3.10. The van der Waals surface area contributed by atoms with Gasteiger partial charge in [0.25, 0.3) is 5.91 Å². The normalized spacial score (nSPS) is 12.5. The molecule has 7 nitrogen and oxygen atoms in total. The van der Waals surface area contributed by atoms with Gasteiger partial charge in [0.15, 0.2) is 11.5 Å². The first-order valence-corrected chi connectivity index (χ1v) is 9.10. The zero-order valence-corrected chi connectivity index (χ0v) is 15.1. The van der Waals surface area contributed by atoms with Crippen LogP contribution < -0.4 is 14.8 Å². The SMILES string of the molecule is O=C(Nc1nnc(-c2ccc3c(c2)OCO3)o1)c1sc2ccccc2c1Cl. The lowest BCUT2D eigenvalue weighted by Gasteiger charge is -1.99. The molecule has 0 radical (unpaired) electrons. The van der Waals surface area contributed by atoms with Crippen molar-refractivity contribution in [2.75, 3.05) is 12.1 Å². The lowest BCUT2D eigenvalue weighted by atomic mass is 10.2. The average molecular weight is 400 g/mol. The van der Waals surface area contributed by atoms with Gasteiger partial charge in [-0.25, -0.2) is 0 Å². The smallest absolute Gasteiger partial charge is 0.322 e. The zero-order valence-electron chi connectivity index (χ0n) is 13.6. The van der Waals surface area contributed by atoms with Crippen LogP contribution in [-0.2, 0) is 0 Å². The Morgan fingerprint density at radius 1 is 1.11 bits per heavy atom. The standard InChI is InChI=1S/C18H10ClN3O4S/c19-14-10-3-1-2-4-13(10)27-15(14)16(23)20-18-22-21-17(26-18)9-5-6-11-12(7-9)25-8-24-11/h1-7H,8H2,(H,20,22,23). The molecule has 5 rings (SSSR count). The number of carbonyl (C=O) groups is 1. The fraction of sp³-hybridized carbons (Fsp3) is 0.0556. The van der Waals surface area contributed by atoms with Crippen molar-refractivity contribution in [3.63, 3.8) is 0 Å². The van der Waals surface area contributed by atoms with Gasteiger partial charge < -0.3 is 13.9 Å². The Labute approximate surface area is 161 Å². The second-order valence-corrected chi connectivity index (χ2v) is 7.11. The first-order valence-electron chi connectivity index (χ1n) is 7.91. The van der Waals surface area contributed by atoms with Gasteiger partial charge in [-0.1, -0.05) is 34.9 Å². The molecule has 2 aromatic heterocycles. The molecule has 0 saturated heterocycles. The molecule has 1 N–H and O–H groups in total. The largest absolute Gasteiger partial charge is 0.454 e. The first kappa shape index (κ1) is 16.1. The molecular formula is C18H10ClN3O4S. The Morgan fingerprint density at radius 2 is 1.96 bits per heavy atom. The molecule has 9 heteroatoms. The summed E-state index contributed by atoms with van der Waals surface area (Å²) in [5, 5.41) is 11.7. The van der Waals surface area contributed by atoms with Crippen molar-refractivity contribution >= 4 is 44.9 Å². The highest BCUT2D eigenvalue weighted by molar-refractivity contribution is 7.21. The number of fused-ring (bicyclic) bond motifs is 2. The van der Waals surface area contributed by atoms with E-state index in [0.717, 1.165) is 10.1 Å². The van der Waals surface area contributed by atoms with Gasteiger partial charge in [-0.05, 0) is 24.3 Å². The second kappa shape index (κ2) is 6.26. The molecule has 0 spiro atoms. The summed E-state index contributed by atoms with van der Waals surface area (Å²) in [6.45, 7) is 0.180. The highest BCUT2D eigenvalue weighted by atomic mass is 35.5. The second-order valence-electron chi connectivity index (χ2n) is 5.68. The first-order chi connectivity index (χ1) is 13.2. The topological polar surface area (TPSA) is 86.5 Å². The van der Waals surface area contributed by atoms with Crippen molar-refractivity contribution in [2.45, 2.75) is 0 Å². The number of anilines is 1. The summed E-state index contributed by atoms with van der Waals surface area (Å²) in [5.41, 5.74) is 0.659. The molecular weight excluding hydrogens is 390 g/mol. The van der Waals surface area contributed by atoms with Crippen molar-refractivity contribution < 1.29 is 18.7 Å². The van der Waals surface area contributed by atoms with E-state index in [0.29, 0.717) is 27.0 Å². The van der Waals surface area contributed by atoms with Gasteiger partial charge in [-0.15, -0.1) is 16.4 Å². The van der Waals surface area contributed by atoms with Crippen LogP contribution in [0.5, 0.6) is 11.5 Å². The van der Waals surface area contributed by atoms with Crippen LogP contribution in [0.2, 0.25) is 5.02 Å². The Kier molecular flexibility index (Phi) is 3.73. The molecule has 134 valence electrons. The van der Waals surface area contributed by atoms with E-state index in [1.807, 2.05) is 24.3 Å². The molecule has 1 aliphatic rings. The monoisotopic (exact) mass is 399 g/mol. The van der Waals surface area contributed by atoms with Crippen LogP contribution >= 0.6 is 22.9 Å². The lowest BCUT2D eigenvalue weighted by molar-refractivity contribution is 0.102. The number of benzene rings is 2. The van der Waals surface area contributed by atoms with E-state index in [4.69, 9.17) is 25.5 Å². The number of nitrogens with zero attached hydrogens (tertiary/aromatic N) is 2. The highest BCUT2D eigenvalue weighted by Gasteiger charge is 2.20. The van der Waals surface area contributed by atoms with E-state index in [1.54, 1.807) is 18.2 Å². The summed E-state index contributed by atoms with van der Waals surface area (Å²) in [6, 6.07) is 12.8. The molecule has 3 heterocycles. The fourth-order valence-electron chi connectivity index (χ4n) is 2.73. The maximum Gasteiger partial charge on any atom is 0.322 e. The number of amides is 1. The predicted octanol–water partition coefficient (Wildman–Crippen LogP) is 4.59. The number of carbonyl (C=O) groups excluding carboxylic acids is 1. The summed E-state index contributed by atoms with van der Waals surface area (Å²) < 4.78 is 17.1. The summed E-state index contributed by atoms with van der Waals surface area (Å²) in [7, 11) is 0. The van der Waals surface area contributed by atoms with Crippen LogP contribution in [0.1, 0.15) is 9.67 Å². The molecule has 0 aliphatic carbocycles. The van der Waals surface area contributed by atoms with Crippen LogP contribution in [0.3, 0.4) is 0 Å². The van der Waals surface area contributed by atoms with Crippen LogP contribution in [0, 0.1) is 0 Å². The minimum atomic E-state index is -0.401. The number of halogens is 1. The molecule has 0 bridgehead atoms. The third kappa shape index (κ3) is 2.79. The van der Waals surface area contributed by atoms with Gasteiger partial charge >= 0.3 is 6.01 Å². The third-order valence-corrected chi connectivity index (χ3v) is 5.68. The highest BCUT2D eigenvalue weighted by Crippen LogP contribution is 2.37. The number of hydrogen-bond donors (Lipinski definition) is 1. The summed E-state index contributed by atoms with van der Waals surface area (Å²) in [6.07, 6.45) is 0. The molecule has 0 atom stereocenters. The fourth-order valence-corrected chi connectivity index (χ4v) is 4.15. The van der Waals surface area contributed by atoms with Crippen molar-refractivity contribution in [3.05, 3.63) is 52.4 Å². The Balaban J connectivity index is 1.40. The van der Waals surface area contributed by atoms with E-state index in [2.05, 4.69) is 15.5 Å². The van der Waals surface area contributed by atoms with Crippen LogP contribution in [0.25, 0.3) is 21.5 Å². The van der Waals surface area contributed by atoms with Gasteiger partial charge in [0.2, 0.25) is 12.7 Å². The molecule has 27 heavy (non-hydrogen) atoms. The Morgan fingerprint density at radius 3 is 2.85 bits per heavy atom. The summed E-state index contributed by atoms with van der Waals surface area (Å²) >= 11 is 7.63. The molecule has 1 amide bonds. The zero-order chi connectivity index (χ0) is 18.4. The van der Waals surface area contributed by atoms with E-state index in [9.17, 15) is 4.79 Å². The number of rotatable bonds is 3. The number of thiophene rings is 1. The van der Waals surface area contributed by atoms with Gasteiger partial charge in [0.05, 0.1) is 5.02 Å². The van der Waals surface area contributed by atoms with Crippen molar-refractivity contribution in [2.24, 2.45) is 0 Å². The van der Waals surface area contributed by atoms with Crippen molar-refractivity contribution in [3.8, 4) is 23.0 Å². The minimum absolute atomic E-state index is 0.0128. The average Bonchev–Trinajstić information content (AvgIpc) is 3.40. The molecule has 0 saturated carbocycles. The molecule has 4 aromatic rings. The van der Waals surface area contributed by atoms with Crippen molar-refractivity contribution in [1.29, 1.82) is 0 Å². The number of hydrogen-bond acceptors (Lipinski definition) is 7. The van der Waals surface area contributed by atoms with Gasteiger partial charge in [-0.3, -0.25) is 10.1 Å². The van der Waals surface area contributed by atoms with E-state index in [-0.39, 0.29) is 18.7 Å². The molecule has 0 fully saturated rings. The third-order valence-electron chi connectivity index (χ3n) is 4.01. The predicted molar refractivity (Wildman–Crippen MR) is 101 cm³/mol. The number of aromatic nitrogens is 2. The number of ether oxygens (including phenoxy) is 2. The maximum atomic E-state index is 12.6. The summed E-state index contributed by atoms with van der Waals surface area (Å²) in [5.74, 6) is 1.12. The molecule has 0 unspecified atom stereocenters. The quantitative estimate of drug-likeness (QED) is 0.542. The minimum Gasteiger partial charge on any atom is -0.454 e. The van der Waals surface area contributed by atoms with Crippen molar-refractivity contribution in [1.82, 2.24) is 10.2 Å². The summed E-state index contributed by atoms with van der Waals surface area (Å²) in [4.78, 5) is 12.9.